The van der Waals surface area contributed by atoms with E-state index in [9.17, 15) is 0 Å². The Bertz CT molecular complexity index is 828. The number of halogens is 2. The standard InChI is InChI=1S/C21H28Cl2N4O/c1-24-20(27(3)14-17-5-4-10-26(17)2)25-15-21(8-11-28-12-9-21)18-7-6-16(22)13-19(18)23/h4-7,10,13H,8-9,11-12,14-15H2,1-3H3,(H,24,25). The van der Waals surface area contributed by atoms with Crippen LogP contribution in [-0.4, -0.2) is 49.3 Å². The lowest BCUT2D eigenvalue weighted by atomic mass is 9.74. The van der Waals surface area contributed by atoms with Crippen LogP contribution in [0.4, 0.5) is 0 Å². The topological polar surface area (TPSA) is 41.8 Å². The first kappa shape index (κ1) is 21.0. The molecule has 0 bridgehead atoms. The zero-order chi connectivity index (χ0) is 20.1. The average Bonchev–Trinajstić information content (AvgIpc) is 3.07. The fraction of sp³-hybridized carbons (Fsp3) is 0.476. The van der Waals surface area contributed by atoms with Gasteiger partial charge in [-0.2, -0.15) is 0 Å². The van der Waals surface area contributed by atoms with Crippen LogP contribution in [0.3, 0.4) is 0 Å². The molecule has 0 atom stereocenters. The molecule has 28 heavy (non-hydrogen) atoms. The van der Waals surface area contributed by atoms with Crippen LogP contribution in [0.15, 0.2) is 41.5 Å². The molecule has 0 unspecified atom stereocenters. The summed E-state index contributed by atoms with van der Waals surface area (Å²) in [5, 5.41) is 4.94. The van der Waals surface area contributed by atoms with Crippen molar-refractivity contribution in [2.24, 2.45) is 12.0 Å². The first-order chi connectivity index (χ1) is 13.4. The number of aromatic nitrogens is 1. The molecular formula is C21H28Cl2N4O. The van der Waals surface area contributed by atoms with Crippen LogP contribution in [-0.2, 0) is 23.7 Å². The largest absolute Gasteiger partial charge is 0.381 e. The highest BCUT2D eigenvalue weighted by Crippen LogP contribution is 2.39. The Hall–Kier alpha value is -1.69. The van der Waals surface area contributed by atoms with E-state index in [2.05, 4.69) is 45.2 Å². The second kappa shape index (κ2) is 9.21. The molecule has 0 radical (unpaired) electrons. The summed E-state index contributed by atoms with van der Waals surface area (Å²) >= 11 is 12.7. The number of benzene rings is 1. The van der Waals surface area contributed by atoms with Gasteiger partial charge in [0, 0.05) is 68.3 Å². The Kier molecular flexibility index (Phi) is 6.91. The third kappa shape index (κ3) is 4.65. The van der Waals surface area contributed by atoms with Crippen LogP contribution in [0.2, 0.25) is 10.0 Å². The minimum atomic E-state index is -0.109. The summed E-state index contributed by atoms with van der Waals surface area (Å²) in [6, 6.07) is 9.96. The van der Waals surface area contributed by atoms with E-state index < -0.39 is 0 Å². The average molecular weight is 423 g/mol. The lowest BCUT2D eigenvalue weighted by Crippen LogP contribution is -2.48. The highest BCUT2D eigenvalue weighted by molar-refractivity contribution is 6.35. The zero-order valence-electron chi connectivity index (χ0n) is 16.7. The van der Waals surface area contributed by atoms with Crippen molar-refractivity contribution in [1.82, 2.24) is 14.8 Å². The van der Waals surface area contributed by atoms with Gasteiger partial charge in [-0.05, 0) is 42.7 Å². The summed E-state index contributed by atoms with van der Waals surface area (Å²) in [6.07, 6.45) is 3.86. The van der Waals surface area contributed by atoms with Crippen LogP contribution in [0.25, 0.3) is 0 Å². The number of ether oxygens (including phenoxy) is 1. The fourth-order valence-electron chi connectivity index (χ4n) is 3.83. The lowest BCUT2D eigenvalue weighted by molar-refractivity contribution is 0.0512. The minimum absolute atomic E-state index is 0.109. The highest BCUT2D eigenvalue weighted by atomic mass is 35.5. The summed E-state index contributed by atoms with van der Waals surface area (Å²) in [6.45, 7) is 2.96. The number of hydrogen-bond donors (Lipinski definition) is 1. The molecular weight excluding hydrogens is 395 g/mol. The molecule has 2 aromatic rings. The monoisotopic (exact) mass is 422 g/mol. The molecule has 5 nitrogen and oxygen atoms in total. The van der Waals surface area contributed by atoms with Crippen LogP contribution < -0.4 is 5.32 Å². The normalized spacial score (nSPS) is 16.8. The predicted molar refractivity (Wildman–Crippen MR) is 116 cm³/mol. The molecule has 1 aromatic heterocycles. The summed E-state index contributed by atoms with van der Waals surface area (Å²) in [5.41, 5.74) is 2.24. The molecule has 1 N–H and O–H groups in total. The van der Waals surface area contributed by atoms with Crippen LogP contribution in [0.5, 0.6) is 0 Å². The van der Waals surface area contributed by atoms with Gasteiger partial charge in [-0.1, -0.05) is 29.3 Å². The van der Waals surface area contributed by atoms with Crippen molar-refractivity contribution in [3.63, 3.8) is 0 Å². The molecule has 2 heterocycles. The van der Waals surface area contributed by atoms with Gasteiger partial charge >= 0.3 is 0 Å². The van der Waals surface area contributed by atoms with Gasteiger partial charge in [-0.25, -0.2) is 0 Å². The number of aryl methyl sites for hydroxylation is 1. The Morgan fingerprint density at radius 2 is 2.04 bits per heavy atom. The molecule has 3 rings (SSSR count). The van der Waals surface area contributed by atoms with E-state index >= 15 is 0 Å². The van der Waals surface area contributed by atoms with Crippen molar-refractivity contribution >= 4 is 29.2 Å². The first-order valence-corrected chi connectivity index (χ1v) is 10.3. The van der Waals surface area contributed by atoms with E-state index in [1.807, 2.05) is 32.3 Å². The molecule has 1 saturated heterocycles. The van der Waals surface area contributed by atoms with Crippen LogP contribution in [0.1, 0.15) is 24.1 Å². The number of rotatable bonds is 5. The van der Waals surface area contributed by atoms with E-state index in [-0.39, 0.29) is 5.41 Å². The van der Waals surface area contributed by atoms with Gasteiger partial charge < -0.3 is 19.5 Å². The quantitative estimate of drug-likeness (QED) is 0.582. The summed E-state index contributed by atoms with van der Waals surface area (Å²) in [7, 11) is 5.92. The van der Waals surface area contributed by atoms with Gasteiger partial charge in [0.1, 0.15) is 0 Å². The van der Waals surface area contributed by atoms with Crippen molar-refractivity contribution in [3.05, 3.63) is 57.8 Å². The molecule has 0 saturated carbocycles. The van der Waals surface area contributed by atoms with Gasteiger partial charge in [0.2, 0.25) is 0 Å². The van der Waals surface area contributed by atoms with E-state index in [0.29, 0.717) is 10.0 Å². The molecule has 1 fully saturated rings. The van der Waals surface area contributed by atoms with Gasteiger partial charge in [0.05, 0.1) is 6.54 Å². The van der Waals surface area contributed by atoms with Crippen molar-refractivity contribution in [2.75, 3.05) is 33.9 Å². The van der Waals surface area contributed by atoms with E-state index in [0.717, 1.165) is 50.7 Å². The van der Waals surface area contributed by atoms with E-state index in [1.54, 1.807) is 0 Å². The molecule has 0 aliphatic carbocycles. The summed E-state index contributed by atoms with van der Waals surface area (Å²) in [4.78, 5) is 6.61. The van der Waals surface area contributed by atoms with E-state index in [1.165, 1.54) is 5.69 Å². The third-order valence-electron chi connectivity index (χ3n) is 5.56. The van der Waals surface area contributed by atoms with Crippen molar-refractivity contribution < 1.29 is 4.74 Å². The molecule has 7 heteroatoms. The maximum Gasteiger partial charge on any atom is 0.193 e. The second-order valence-corrected chi connectivity index (χ2v) is 8.23. The molecule has 0 amide bonds. The number of hydrogen-bond acceptors (Lipinski definition) is 2. The Morgan fingerprint density at radius 1 is 1.29 bits per heavy atom. The number of nitrogens with one attached hydrogen (secondary N) is 1. The number of aliphatic imine (C=N–C) groups is 1. The first-order valence-electron chi connectivity index (χ1n) is 9.50. The van der Waals surface area contributed by atoms with Gasteiger partial charge in [-0.3, -0.25) is 4.99 Å². The van der Waals surface area contributed by atoms with Crippen LogP contribution in [0, 0.1) is 0 Å². The summed E-state index contributed by atoms with van der Waals surface area (Å²) < 4.78 is 7.76. The second-order valence-electron chi connectivity index (χ2n) is 7.38. The Morgan fingerprint density at radius 3 is 2.64 bits per heavy atom. The fourth-order valence-corrected chi connectivity index (χ4v) is 4.44. The molecule has 152 valence electrons. The third-order valence-corrected chi connectivity index (χ3v) is 6.11. The van der Waals surface area contributed by atoms with Crippen molar-refractivity contribution in [2.45, 2.75) is 24.8 Å². The molecule has 0 spiro atoms. The molecule has 1 aliphatic rings. The number of nitrogens with zero attached hydrogens (tertiary/aromatic N) is 3. The maximum atomic E-state index is 6.58. The zero-order valence-corrected chi connectivity index (χ0v) is 18.2. The SMILES string of the molecule is CN=C(NCC1(c2ccc(Cl)cc2Cl)CCOCC1)N(C)Cc1cccn1C. The van der Waals surface area contributed by atoms with Crippen molar-refractivity contribution in [3.8, 4) is 0 Å². The highest BCUT2D eigenvalue weighted by Gasteiger charge is 2.36. The van der Waals surface area contributed by atoms with Gasteiger partial charge in [0.15, 0.2) is 5.96 Å². The Labute approximate surface area is 177 Å². The molecule has 1 aliphatic heterocycles. The van der Waals surface area contributed by atoms with Crippen molar-refractivity contribution in [1.29, 1.82) is 0 Å². The van der Waals surface area contributed by atoms with Crippen LogP contribution >= 0.6 is 23.2 Å². The molecule has 1 aromatic carbocycles. The smallest absolute Gasteiger partial charge is 0.193 e. The van der Waals surface area contributed by atoms with E-state index in [4.69, 9.17) is 27.9 Å². The lowest BCUT2D eigenvalue weighted by Gasteiger charge is -2.39. The van der Waals surface area contributed by atoms with Gasteiger partial charge in [0.25, 0.3) is 0 Å². The summed E-state index contributed by atoms with van der Waals surface area (Å²) in [5.74, 6) is 0.858. The minimum Gasteiger partial charge on any atom is -0.381 e. The van der Waals surface area contributed by atoms with Gasteiger partial charge in [-0.15, -0.1) is 0 Å². The maximum absolute atomic E-state index is 6.58. The predicted octanol–water partition coefficient (Wildman–Crippen LogP) is 4.09. The Balaban J connectivity index is 1.76. The number of guanidine groups is 1.